The van der Waals surface area contributed by atoms with Crippen LogP contribution in [0.15, 0.2) is 18.2 Å². The topological polar surface area (TPSA) is 76.5 Å². The molecule has 1 fully saturated rings. The molecule has 3 heterocycles. The van der Waals surface area contributed by atoms with Gasteiger partial charge in [0.2, 0.25) is 4.96 Å². The Balaban J connectivity index is 1.74. The minimum Gasteiger partial charge on any atom is -0.354 e. The lowest BCUT2D eigenvalue weighted by molar-refractivity contribution is 0.111. The van der Waals surface area contributed by atoms with Gasteiger partial charge in [0.05, 0.1) is 10.0 Å². The van der Waals surface area contributed by atoms with Crippen LogP contribution in [0.3, 0.4) is 0 Å². The number of rotatable bonds is 3. The normalized spacial score (nSPS) is 17.0. The molecule has 0 aliphatic carbocycles. The van der Waals surface area contributed by atoms with Crippen molar-refractivity contribution in [1.82, 2.24) is 14.6 Å². The largest absolute Gasteiger partial charge is 0.354 e. The first kappa shape index (κ1) is 17.7. The minimum atomic E-state index is -0.163. The summed E-state index contributed by atoms with van der Waals surface area (Å²) in [4.78, 5) is 19.1. The van der Waals surface area contributed by atoms with Crippen LogP contribution in [0.2, 0.25) is 10.0 Å². The van der Waals surface area contributed by atoms with E-state index >= 15 is 0 Å². The molecule has 26 heavy (non-hydrogen) atoms. The lowest BCUT2D eigenvalue weighted by atomic mass is 9.91. The molecular weight excluding hydrogens is 393 g/mol. The molecule has 0 unspecified atom stereocenters. The molecular formula is C17H17Cl2N5OS. The maximum atomic E-state index is 11.7. The molecule has 0 amide bonds. The fraction of sp³-hybridized carbons (Fsp3) is 0.353. The van der Waals surface area contributed by atoms with E-state index in [4.69, 9.17) is 28.9 Å². The van der Waals surface area contributed by atoms with Gasteiger partial charge < -0.3 is 10.6 Å². The smallest absolute Gasteiger partial charge is 0.215 e. The molecule has 0 spiro atoms. The van der Waals surface area contributed by atoms with E-state index in [-0.39, 0.29) is 5.54 Å². The summed E-state index contributed by atoms with van der Waals surface area (Å²) in [5, 5.41) is 6.12. The Bertz CT molecular complexity index is 987. The highest BCUT2D eigenvalue weighted by Crippen LogP contribution is 2.37. The highest BCUT2D eigenvalue weighted by molar-refractivity contribution is 7.20. The molecule has 1 aliphatic rings. The monoisotopic (exact) mass is 409 g/mol. The van der Waals surface area contributed by atoms with Crippen molar-refractivity contribution in [3.05, 3.63) is 33.9 Å². The number of aromatic nitrogens is 3. The van der Waals surface area contributed by atoms with Crippen LogP contribution in [-0.2, 0) is 0 Å². The Morgan fingerprint density at radius 1 is 1.31 bits per heavy atom. The van der Waals surface area contributed by atoms with Crippen molar-refractivity contribution in [3.63, 3.8) is 0 Å². The van der Waals surface area contributed by atoms with Gasteiger partial charge in [-0.15, -0.1) is 0 Å². The van der Waals surface area contributed by atoms with Gasteiger partial charge in [0.1, 0.15) is 5.01 Å². The second-order valence-corrected chi connectivity index (χ2v) is 8.52. The zero-order valence-corrected chi connectivity index (χ0v) is 16.4. The maximum Gasteiger partial charge on any atom is 0.215 e. The summed E-state index contributed by atoms with van der Waals surface area (Å²) in [5.74, 6) is 0.665. The third kappa shape index (κ3) is 2.99. The van der Waals surface area contributed by atoms with Crippen molar-refractivity contribution < 1.29 is 4.79 Å². The molecule has 1 saturated heterocycles. The summed E-state index contributed by atoms with van der Waals surface area (Å²) in [6.45, 7) is 3.59. The molecule has 136 valence electrons. The number of piperidine rings is 1. The second-order valence-electron chi connectivity index (χ2n) is 6.78. The highest BCUT2D eigenvalue weighted by atomic mass is 35.5. The minimum absolute atomic E-state index is 0.163. The van der Waals surface area contributed by atoms with Crippen LogP contribution in [0, 0.1) is 0 Å². The molecule has 0 atom stereocenters. The van der Waals surface area contributed by atoms with Crippen LogP contribution >= 0.6 is 34.5 Å². The SMILES string of the molecule is CC1(N)CCN(c2nc3sc(-c4cccc(Cl)c4Cl)nn3c2C=O)CC1. The van der Waals surface area contributed by atoms with Crippen LogP contribution < -0.4 is 10.6 Å². The number of carbonyl (C=O) groups excluding carboxylic acids is 1. The lowest BCUT2D eigenvalue weighted by Gasteiger charge is -2.37. The predicted molar refractivity (Wildman–Crippen MR) is 106 cm³/mol. The van der Waals surface area contributed by atoms with Gasteiger partial charge >= 0.3 is 0 Å². The van der Waals surface area contributed by atoms with E-state index in [2.05, 4.69) is 21.9 Å². The molecule has 1 aromatic carbocycles. The Morgan fingerprint density at radius 3 is 2.73 bits per heavy atom. The van der Waals surface area contributed by atoms with Crippen molar-refractivity contribution in [2.45, 2.75) is 25.3 Å². The number of fused-ring (bicyclic) bond motifs is 1. The number of hydrogen-bond acceptors (Lipinski definition) is 6. The van der Waals surface area contributed by atoms with E-state index in [0.29, 0.717) is 31.5 Å². The maximum absolute atomic E-state index is 11.7. The number of aldehydes is 1. The standard InChI is InChI=1S/C17H17Cl2N5OS/c1-17(20)5-7-23(8-6-17)14-12(9-25)24-16(21-14)26-15(22-24)10-3-2-4-11(18)13(10)19/h2-4,9H,5-8,20H2,1H3. The highest BCUT2D eigenvalue weighted by Gasteiger charge is 2.29. The van der Waals surface area contributed by atoms with E-state index in [9.17, 15) is 4.79 Å². The summed E-state index contributed by atoms with van der Waals surface area (Å²) in [5.41, 5.74) is 7.21. The number of halogens is 2. The Labute approximate surface area is 164 Å². The fourth-order valence-corrected chi connectivity index (χ4v) is 4.48. The van der Waals surface area contributed by atoms with Crippen molar-refractivity contribution >= 4 is 51.6 Å². The molecule has 9 heteroatoms. The Hall–Kier alpha value is -1.67. The van der Waals surface area contributed by atoms with Crippen molar-refractivity contribution in [2.24, 2.45) is 5.73 Å². The van der Waals surface area contributed by atoms with Gasteiger partial charge in [-0.05, 0) is 25.8 Å². The molecule has 0 radical (unpaired) electrons. The molecule has 0 bridgehead atoms. The Morgan fingerprint density at radius 2 is 2.04 bits per heavy atom. The van der Waals surface area contributed by atoms with E-state index in [1.54, 1.807) is 10.6 Å². The van der Waals surface area contributed by atoms with E-state index in [1.165, 1.54) is 11.3 Å². The number of nitrogens with zero attached hydrogens (tertiary/aromatic N) is 4. The summed E-state index contributed by atoms with van der Waals surface area (Å²) >= 11 is 13.8. The van der Waals surface area contributed by atoms with Crippen molar-refractivity contribution in [1.29, 1.82) is 0 Å². The summed E-state index contributed by atoms with van der Waals surface area (Å²) in [6.07, 6.45) is 2.51. The second kappa shape index (κ2) is 6.49. The fourth-order valence-electron chi connectivity index (χ4n) is 3.10. The van der Waals surface area contributed by atoms with Gasteiger partial charge in [-0.25, -0.2) is 0 Å². The molecule has 0 saturated carbocycles. The average Bonchev–Trinajstić information content (AvgIpc) is 3.14. The third-order valence-corrected chi connectivity index (χ3v) is 6.48. The molecule has 4 rings (SSSR count). The number of imidazole rings is 1. The van der Waals surface area contributed by atoms with Crippen molar-refractivity contribution in [3.8, 4) is 10.6 Å². The zero-order valence-electron chi connectivity index (χ0n) is 14.1. The number of carbonyl (C=O) groups is 1. The summed E-state index contributed by atoms with van der Waals surface area (Å²) in [6, 6.07) is 5.39. The first-order valence-electron chi connectivity index (χ1n) is 8.22. The third-order valence-electron chi connectivity index (χ3n) is 4.72. The molecule has 2 N–H and O–H groups in total. The summed E-state index contributed by atoms with van der Waals surface area (Å²) < 4.78 is 1.58. The van der Waals surface area contributed by atoms with Crippen LogP contribution in [0.25, 0.3) is 15.5 Å². The van der Waals surface area contributed by atoms with E-state index in [0.717, 1.165) is 37.8 Å². The number of nitrogens with two attached hydrogens (primary N) is 1. The number of anilines is 1. The first-order chi connectivity index (χ1) is 12.4. The van der Waals surface area contributed by atoms with Gasteiger partial charge in [0, 0.05) is 24.2 Å². The van der Waals surface area contributed by atoms with Crippen LogP contribution in [0.1, 0.15) is 30.3 Å². The van der Waals surface area contributed by atoms with E-state index < -0.39 is 0 Å². The van der Waals surface area contributed by atoms with Gasteiger partial charge in [-0.1, -0.05) is 46.7 Å². The van der Waals surface area contributed by atoms with E-state index in [1.807, 2.05) is 12.1 Å². The summed E-state index contributed by atoms with van der Waals surface area (Å²) in [7, 11) is 0. The quantitative estimate of drug-likeness (QED) is 0.663. The molecule has 3 aromatic rings. The average molecular weight is 410 g/mol. The van der Waals surface area contributed by atoms with Gasteiger partial charge in [0.25, 0.3) is 0 Å². The zero-order chi connectivity index (χ0) is 18.5. The lowest BCUT2D eigenvalue weighted by Crippen LogP contribution is -2.48. The number of hydrogen-bond donors (Lipinski definition) is 1. The van der Waals surface area contributed by atoms with Crippen LogP contribution in [0.5, 0.6) is 0 Å². The predicted octanol–water partition coefficient (Wildman–Crippen LogP) is 3.89. The molecule has 6 nitrogen and oxygen atoms in total. The first-order valence-corrected chi connectivity index (χ1v) is 9.80. The molecule has 2 aromatic heterocycles. The van der Waals surface area contributed by atoms with Crippen LogP contribution in [-0.4, -0.2) is 39.5 Å². The molecule has 1 aliphatic heterocycles. The van der Waals surface area contributed by atoms with Crippen molar-refractivity contribution in [2.75, 3.05) is 18.0 Å². The number of benzene rings is 1. The Kier molecular flexibility index (Phi) is 4.43. The van der Waals surface area contributed by atoms with Gasteiger partial charge in [0.15, 0.2) is 17.8 Å². The van der Waals surface area contributed by atoms with Gasteiger partial charge in [-0.3, -0.25) is 4.79 Å². The van der Waals surface area contributed by atoms with Crippen LogP contribution in [0.4, 0.5) is 5.82 Å². The van der Waals surface area contributed by atoms with Gasteiger partial charge in [-0.2, -0.15) is 14.6 Å².